The van der Waals surface area contributed by atoms with Gasteiger partial charge in [-0.05, 0) is 35.4 Å². The maximum Gasteiger partial charge on any atom is 0.181 e. The number of hydrogen-bond acceptors (Lipinski definition) is 4. The van der Waals surface area contributed by atoms with Crippen LogP contribution in [0.25, 0.3) is 44.5 Å². The molecule has 0 aliphatic heterocycles. The molecule has 160 valence electrons. The number of rotatable bonds is 6. The number of para-hydroxylation sites is 1. The van der Waals surface area contributed by atoms with Gasteiger partial charge in [-0.15, -0.1) is 0 Å². The van der Waals surface area contributed by atoms with Gasteiger partial charge in [-0.1, -0.05) is 48.5 Å². The minimum absolute atomic E-state index is 0.695. The predicted molar refractivity (Wildman–Crippen MR) is 131 cm³/mol. The lowest BCUT2D eigenvalue weighted by atomic mass is 10.1. The van der Waals surface area contributed by atoms with Crippen molar-refractivity contribution in [1.29, 1.82) is 0 Å². The lowest BCUT2D eigenvalue weighted by Gasteiger charge is -2.07. The summed E-state index contributed by atoms with van der Waals surface area (Å²) in [6.45, 7) is 1.57. The lowest BCUT2D eigenvalue weighted by Crippen LogP contribution is -2.12. The third kappa shape index (κ3) is 3.88. The maximum atomic E-state index is 4.59. The summed E-state index contributed by atoms with van der Waals surface area (Å²) >= 11 is 0. The van der Waals surface area contributed by atoms with Crippen LogP contribution in [0, 0.1) is 0 Å². The van der Waals surface area contributed by atoms with E-state index in [0.717, 1.165) is 52.1 Å². The number of H-pyrrole nitrogens is 2. The monoisotopic (exact) mass is 430 g/mol. The molecule has 6 rings (SSSR count). The Morgan fingerprint density at radius 1 is 0.758 bits per heavy atom. The molecule has 6 heteroatoms. The summed E-state index contributed by atoms with van der Waals surface area (Å²) in [4.78, 5) is 12.5. The van der Waals surface area contributed by atoms with Crippen molar-refractivity contribution in [1.82, 2.24) is 30.5 Å². The highest BCUT2D eigenvalue weighted by atomic mass is 15.2. The fourth-order valence-electron chi connectivity index (χ4n) is 4.16. The summed E-state index contributed by atoms with van der Waals surface area (Å²) in [5, 5.41) is 13.2. The van der Waals surface area contributed by atoms with Gasteiger partial charge in [-0.2, -0.15) is 5.10 Å². The molecule has 0 aliphatic rings. The first kappa shape index (κ1) is 19.4. The number of aromatic nitrogens is 5. The van der Waals surface area contributed by atoms with Gasteiger partial charge in [-0.25, -0.2) is 4.98 Å². The molecule has 0 spiro atoms. The largest absolute Gasteiger partial charge is 0.353 e. The smallest absolute Gasteiger partial charge is 0.181 e. The first-order chi connectivity index (χ1) is 16.3. The highest BCUT2D eigenvalue weighted by Crippen LogP contribution is 2.30. The van der Waals surface area contributed by atoms with Crippen LogP contribution in [0.1, 0.15) is 11.1 Å². The van der Waals surface area contributed by atoms with Crippen LogP contribution >= 0.6 is 0 Å². The Balaban J connectivity index is 1.28. The molecule has 0 saturated heterocycles. The number of benzene rings is 2. The van der Waals surface area contributed by atoms with Gasteiger partial charge in [0.05, 0.1) is 11.4 Å². The van der Waals surface area contributed by atoms with Gasteiger partial charge in [-0.3, -0.25) is 10.1 Å². The molecular formula is C27H22N6. The van der Waals surface area contributed by atoms with E-state index >= 15 is 0 Å². The third-order valence-electron chi connectivity index (χ3n) is 5.84. The fraction of sp³-hybridized carbons (Fsp3) is 0.0741. The Kier molecular flexibility index (Phi) is 4.90. The van der Waals surface area contributed by atoms with E-state index in [1.54, 1.807) is 0 Å². The molecule has 0 amide bonds. The quantitative estimate of drug-likeness (QED) is 0.328. The van der Waals surface area contributed by atoms with Crippen LogP contribution in [0.2, 0.25) is 0 Å². The summed E-state index contributed by atoms with van der Waals surface area (Å²) in [7, 11) is 0. The topological polar surface area (TPSA) is 82.3 Å². The van der Waals surface area contributed by atoms with Crippen LogP contribution in [0.3, 0.4) is 0 Å². The average molecular weight is 431 g/mol. The summed E-state index contributed by atoms with van der Waals surface area (Å²) in [5.41, 5.74) is 8.16. The van der Waals surface area contributed by atoms with E-state index in [1.807, 2.05) is 36.8 Å². The molecule has 6 aromatic rings. The van der Waals surface area contributed by atoms with E-state index < -0.39 is 0 Å². The molecule has 2 aromatic carbocycles. The van der Waals surface area contributed by atoms with Crippen LogP contribution in [0.15, 0.2) is 91.4 Å². The van der Waals surface area contributed by atoms with Crippen LogP contribution < -0.4 is 5.32 Å². The first-order valence-electron chi connectivity index (χ1n) is 10.9. The molecule has 6 nitrogen and oxygen atoms in total. The molecule has 0 atom stereocenters. The Hall–Kier alpha value is -4.29. The number of aromatic amines is 2. The van der Waals surface area contributed by atoms with Crippen LogP contribution in [-0.4, -0.2) is 25.1 Å². The van der Waals surface area contributed by atoms with Crippen molar-refractivity contribution in [2.24, 2.45) is 0 Å². The minimum Gasteiger partial charge on any atom is -0.353 e. The second-order valence-electron chi connectivity index (χ2n) is 8.14. The van der Waals surface area contributed by atoms with Gasteiger partial charge in [0.15, 0.2) is 5.65 Å². The van der Waals surface area contributed by atoms with E-state index in [2.05, 4.69) is 85.1 Å². The fourth-order valence-corrected chi connectivity index (χ4v) is 4.16. The second kappa shape index (κ2) is 8.33. The zero-order valence-electron chi connectivity index (χ0n) is 17.9. The Morgan fingerprint density at radius 3 is 2.48 bits per heavy atom. The minimum atomic E-state index is 0.695. The molecule has 0 radical (unpaired) electrons. The zero-order chi connectivity index (χ0) is 22.0. The molecule has 0 bridgehead atoms. The molecule has 0 unspecified atom stereocenters. The Bertz CT molecular complexity index is 1510. The number of nitrogens with zero attached hydrogens (tertiary/aromatic N) is 3. The van der Waals surface area contributed by atoms with Gasteiger partial charge in [0, 0.05) is 59.1 Å². The zero-order valence-corrected chi connectivity index (χ0v) is 17.9. The SMILES string of the molecule is c1ccc(CNCc2cncc(-c3cnc4n[nH]c(-c5cc6ccccc6[nH]5)c4c3)c2)cc1. The number of nitrogens with one attached hydrogen (secondary N) is 3. The van der Waals surface area contributed by atoms with Gasteiger partial charge in [0.1, 0.15) is 0 Å². The van der Waals surface area contributed by atoms with Crippen LogP contribution in [0.4, 0.5) is 0 Å². The van der Waals surface area contributed by atoms with Crippen molar-refractivity contribution < 1.29 is 0 Å². The summed E-state index contributed by atoms with van der Waals surface area (Å²) in [5.74, 6) is 0. The second-order valence-corrected chi connectivity index (χ2v) is 8.14. The normalized spacial score (nSPS) is 11.4. The van der Waals surface area contributed by atoms with Crippen molar-refractivity contribution in [2.75, 3.05) is 0 Å². The van der Waals surface area contributed by atoms with Crippen molar-refractivity contribution in [3.05, 3.63) is 103 Å². The van der Waals surface area contributed by atoms with Gasteiger partial charge >= 0.3 is 0 Å². The summed E-state index contributed by atoms with van der Waals surface area (Å²) < 4.78 is 0. The summed E-state index contributed by atoms with van der Waals surface area (Å²) in [6.07, 6.45) is 5.64. The van der Waals surface area contributed by atoms with E-state index in [-0.39, 0.29) is 0 Å². The molecular weight excluding hydrogens is 408 g/mol. The summed E-state index contributed by atoms with van der Waals surface area (Å²) in [6, 6.07) is 25.1. The van der Waals surface area contributed by atoms with Crippen LogP contribution in [0.5, 0.6) is 0 Å². The Morgan fingerprint density at radius 2 is 1.58 bits per heavy atom. The van der Waals surface area contributed by atoms with Gasteiger partial charge in [0.2, 0.25) is 0 Å². The molecule has 33 heavy (non-hydrogen) atoms. The number of hydrogen-bond donors (Lipinski definition) is 3. The molecule has 4 aromatic heterocycles. The average Bonchev–Trinajstić information content (AvgIpc) is 3.48. The molecule has 0 fully saturated rings. The Labute approximate surface area is 190 Å². The standard InChI is InChI=1S/C27H22N6/c1-2-6-18(7-3-1)13-28-14-19-10-21(16-29-15-19)22-11-23-26(32-33-27(23)30-17-22)25-12-20-8-4-5-9-24(20)31-25/h1-12,15-17,28,31H,13-14H2,(H,30,32,33). The van der Waals surface area contributed by atoms with Gasteiger partial charge < -0.3 is 10.3 Å². The lowest BCUT2D eigenvalue weighted by molar-refractivity contribution is 0.691. The molecule has 4 heterocycles. The van der Waals surface area contributed by atoms with Crippen molar-refractivity contribution in [3.8, 4) is 22.5 Å². The molecule has 0 saturated carbocycles. The maximum absolute atomic E-state index is 4.59. The van der Waals surface area contributed by atoms with E-state index in [1.165, 1.54) is 10.9 Å². The van der Waals surface area contributed by atoms with Crippen molar-refractivity contribution in [2.45, 2.75) is 13.1 Å². The van der Waals surface area contributed by atoms with Crippen LogP contribution in [-0.2, 0) is 13.1 Å². The van der Waals surface area contributed by atoms with E-state index in [0.29, 0.717) is 5.65 Å². The van der Waals surface area contributed by atoms with Crippen molar-refractivity contribution >= 4 is 21.9 Å². The molecule has 0 aliphatic carbocycles. The van der Waals surface area contributed by atoms with Gasteiger partial charge in [0.25, 0.3) is 0 Å². The molecule has 3 N–H and O–H groups in total. The van der Waals surface area contributed by atoms with E-state index in [9.17, 15) is 0 Å². The highest BCUT2D eigenvalue weighted by molar-refractivity contribution is 5.95. The third-order valence-corrected chi connectivity index (χ3v) is 5.84. The highest BCUT2D eigenvalue weighted by Gasteiger charge is 2.13. The van der Waals surface area contributed by atoms with Crippen molar-refractivity contribution in [3.63, 3.8) is 0 Å². The number of fused-ring (bicyclic) bond motifs is 2. The number of pyridine rings is 2. The van der Waals surface area contributed by atoms with E-state index in [4.69, 9.17) is 0 Å². The predicted octanol–water partition coefficient (Wildman–Crippen LogP) is 5.46. The first-order valence-corrected chi connectivity index (χ1v) is 10.9.